The maximum absolute atomic E-state index is 12.5. The van der Waals surface area contributed by atoms with Crippen LogP contribution in [0.1, 0.15) is 12.5 Å². The summed E-state index contributed by atoms with van der Waals surface area (Å²) in [6.45, 7) is 3.35. The summed E-state index contributed by atoms with van der Waals surface area (Å²) < 4.78 is 15.9. The van der Waals surface area contributed by atoms with E-state index in [1.165, 1.54) is 18.9 Å². The molecule has 0 saturated heterocycles. The number of amides is 2. The maximum atomic E-state index is 12.5. The van der Waals surface area contributed by atoms with Crippen LogP contribution in [0.15, 0.2) is 36.4 Å². The van der Waals surface area contributed by atoms with Gasteiger partial charge in [0.25, 0.3) is 0 Å². The summed E-state index contributed by atoms with van der Waals surface area (Å²) in [5.74, 6) is 1.16. The normalized spacial score (nSPS) is 11.8. The Morgan fingerprint density at radius 1 is 1.15 bits per heavy atom. The lowest BCUT2D eigenvalue weighted by molar-refractivity contribution is -0.120. The van der Waals surface area contributed by atoms with E-state index in [0.717, 1.165) is 5.56 Å². The molecule has 2 aromatic rings. The van der Waals surface area contributed by atoms with Crippen LogP contribution in [0.25, 0.3) is 0 Å². The van der Waals surface area contributed by atoms with E-state index in [9.17, 15) is 9.59 Å². The van der Waals surface area contributed by atoms with Gasteiger partial charge in [-0.25, -0.2) is 0 Å². The molecule has 1 aliphatic rings. The molecular formula is C19H20N2O5. The molecule has 0 atom stereocenters. The second-order valence-electron chi connectivity index (χ2n) is 5.90. The van der Waals surface area contributed by atoms with Crippen molar-refractivity contribution in [3.63, 3.8) is 0 Å². The van der Waals surface area contributed by atoms with Crippen LogP contribution in [-0.4, -0.2) is 32.3 Å². The molecule has 1 N–H and O–H groups in total. The van der Waals surface area contributed by atoms with Crippen molar-refractivity contribution in [3.05, 3.63) is 42.0 Å². The van der Waals surface area contributed by atoms with Crippen molar-refractivity contribution in [2.75, 3.05) is 30.7 Å². The Morgan fingerprint density at radius 3 is 2.65 bits per heavy atom. The molecule has 7 nitrogen and oxygen atoms in total. The summed E-state index contributed by atoms with van der Waals surface area (Å²) in [4.78, 5) is 26.0. The van der Waals surface area contributed by atoms with E-state index in [2.05, 4.69) is 5.32 Å². The van der Waals surface area contributed by atoms with Gasteiger partial charge in [0.1, 0.15) is 12.3 Å². The zero-order valence-electron chi connectivity index (χ0n) is 14.9. The molecule has 0 saturated carbocycles. The topological polar surface area (TPSA) is 77.1 Å². The number of hydrogen-bond acceptors (Lipinski definition) is 5. The average molecular weight is 356 g/mol. The smallest absolute Gasteiger partial charge is 0.244 e. The zero-order chi connectivity index (χ0) is 18.7. The molecule has 0 unspecified atom stereocenters. The van der Waals surface area contributed by atoms with Gasteiger partial charge in [0.15, 0.2) is 11.5 Å². The Hall–Kier alpha value is -3.22. The molecule has 0 aromatic heterocycles. The largest absolute Gasteiger partial charge is 0.495 e. The minimum Gasteiger partial charge on any atom is -0.495 e. The van der Waals surface area contributed by atoms with Gasteiger partial charge < -0.3 is 19.5 Å². The number of anilines is 2. The van der Waals surface area contributed by atoms with Crippen molar-refractivity contribution in [3.8, 4) is 17.2 Å². The van der Waals surface area contributed by atoms with E-state index in [1.807, 2.05) is 19.1 Å². The molecule has 1 heterocycles. The number of hydrogen-bond donors (Lipinski definition) is 1. The molecule has 2 amide bonds. The third-order valence-corrected chi connectivity index (χ3v) is 3.96. The SMILES string of the molecule is COc1ccc(C)cc1N(CC(=O)Nc1ccc2c(c1)OCO2)C(C)=O. The van der Waals surface area contributed by atoms with Gasteiger partial charge in [0, 0.05) is 18.7 Å². The molecular weight excluding hydrogens is 336 g/mol. The highest BCUT2D eigenvalue weighted by Gasteiger charge is 2.20. The number of carbonyl (C=O) groups excluding carboxylic acids is 2. The minimum absolute atomic E-state index is 0.135. The lowest BCUT2D eigenvalue weighted by atomic mass is 10.2. The molecule has 26 heavy (non-hydrogen) atoms. The Balaban J connectivity index is 1.77. The first-order valence-corrected chi connectivity index (χ1v) is 8.10. The molecule has 136 valence electrons. The predicted molar refractivity (Wildman–Crippen MR) is 97.0 cm³/mol. The van der Waals surface area contributed by atoms with Gasteiger partial charge in [-0.15, -0.1) is 0 Å². The first kappa shape index (κ1) is 17.6. The summed E-state index contributed by atoms with van der Waals surface area (Å²) in [5, 5.41) is 2.77. The molecule has 0 spiro atoms. The first-order chi connectivity index (χ1) is 12.5. The lowest BCUT2D eigenvalue weighted by Gasteiger charge is -2.23. The van der Waals surface area contributed by atoms with Crippen molar-refractivity contribution < 1.29 is 23.8 Å². The monoisotopic (exact) mass is 356 g/mol. The maximum Gasteiger partial charge on any atom is 0.244 e. The third-order valence-electron chi connectivity index (χ3n) is 3.96. The fraction of sp³-hybridized carbons (Fsp3) is 0.263. The van der Waals surface area contributed by atoms with Crippen molar-refractivity contribution in [1.82, 2.24) is 0 Å². The first-order valence-electron chi connectivity index (χ1n) is 8.10. The van der Waals surface area contributed by atoms with Gasteiger partial charge in [0.05, 0.1) is 12.8 Å². The van der Waals surface area contributed by atoms with E-state index < -0.39 is 0 Å². The molecule has 7 heteroatoms. The molecule has 0 bridgehead atoms. The molecule has 0 radical (unpaired) electrons. The number of nitrogens with zero attached hydrogens (tertiary/aromatic N) is 1. The summed E-state index contributed by atoms with van der Waals surface area (Å²) >= 11 is 0. The second-order valence-corrected chi connectivity index (χ2v) is 5.90. The fourth-order valence-corrected chi connectivity index (χ4v) is 2.70. The van der Waals surface area contributed by atoms with E-state index >= 15 is 0 Å². The van der Waals surface area contributed by atoms with Crippen LogP contribution in [0.4, 0.5) is 11.4 Å². The van der Waals surface area contributed by atoms with Crippen molar-refractivity contribution >= 4 is 23.2 Å². The quantitative estimate of drug-likeness (QED) is 0.891. The molecule has 3 rings (SSSR count). The predicted octanol–water partition coefficient (Wildman–Crippen LogP) is 2.72. The molecule has 1 aliphatic heterocycles. The zero-order valence-corrected chi connectivity index (χ0v) is 14.9. The van der Waals surface area contributed by atoms with Crippen LogP contribution in [0.2, 0.25) is 0 Å². The summed E-state index contributed by atoms with van der Waals surface area (Å²) in [6.07, 6.45) is 0. The van der Waals surface area contributed by atoms with Crippen molar-refractivity contribution in [2.24, 2.45) is 0 Å². The summed E-state index contributed by atoms with van der Waals surface area (Å²) in [7, 11) is 1.53. The van der Waals surface area contributed by atoms with E-state index in [0.29, 0.717) is 28.6 Å². The number of nitrogens with one attached hydrogen (secondary N) is 1. The second kappa shape index (κ2) is 7.35. The van der Waals surface area contributed by atoms with Gasteiger partial charge in [0.2, 0.25) is 18.6 Å². The van der Waals surface area contributed by atoms with Crippen LogP contribution in [0.5, 0.6) is 17.2 Å². The van der Waals surface area contributed by atoms with Crippen molar-refractivity contribution in [2.45, 2.75) is 13.8 Å². The van der Waals surface area contributed by atoms with Crippen LogP contribution < -0.4 is 24.4 Å². The standard InChI is InChI=1S/C19H20N2O5/c1-12-4-6-16(24-3)15(8-12)21(13(2)22)10-19(23)20-14-5-7-17-18(9-14)26-11-25-17/h4-9H,10-11H2,1-3H3,(H,20,23). The highest BCUT2D eigenvalue weighted by atomic mass is 16.7. The van der Waals surface area contributed by atoms with E-state index in [1.54, 1.807) is 24.3 Å². The summed E-state index contributed by atoms with van der Waals surface area (Å²) in [5.41, 5.74) is 2.09. The Kier molecular flexibility index (Phi) is 4.97. The lowest BCUT2D eigenvalue weighted by Crippen LogP contribution is -2.37. The molecule has 2 aromatic carbocycles. The number of benzene rings is 2. The average Bonchev–Trinajstić information content (AvgIpc) is 3.07. The van der Waals surface area contributed by atoms with Crippen LogP contribution in [-0.2, 0) is 9.59 Å². The van der Waals surface area contributed by atoms with Gasteiger partial charge in [-0.2, -0.15) is 0 Å². The van der Waals surface area contributed by atoms with Gasteiger partial charge in [-0.3, -0.25) is 14.5 Å². The Labute approximate surface area is 151 Å². The highest BCUT2D eigenvalue weighted by molar-refractivity contribution is 6.02. The molecule has 0 aliphatic carbocycles. The number of carbonyl (C=O) groups is 2. The summed E-state index contributed by atoms with van der Waals surface area (Å²) in [6, 6.07) is 10.6. The van der Waals surface area contributed by atoms with Gasteiger partial charge in [-0.1, -0.05) is 6.07 Å². The minimum atomic E-state index is -0.331. The number of fused-ring (bicyclic) bond motifs is 1. The number of aryl methyl sites for hydroxylation is 1. The van der Waals surface area contributed by atoms with Crippen LogP contribution in [0.3, 0.4) is 0 Å². The Morgan fingerprint density at radius 2 is 1.92 bits per heavy atom. The number of methoxy groups -OCH3 is 1. The number of rotatable bonds is 5. The third kappa shape index (κ3) is 3.72. The van der Waals surface area contributed by atoms with E-state index in [4.69, 9.17) is 14.2 Å². The van der Waals surface area contributed by atoms with Crippen LogP contribution >= 0.6 is 0 Å². The van der Waals surface area contributed by atoms with E-state index in [-0.39, 0.29) is 25.2 Å². The fourth-order valence-electron chi connectivity index (χ4n) is 2.70. The highest BCUT2D eigenvalue weighted by Crippen LogP contribution is 2.34. The number of ether oxygens (including phenoxy) is 3. The molecule has 0 fully saturated rings. The van der Waals surface area contributed by atoms with Gasteiger partial charge in [-0.05, 0) is 36.8 Å². The van der Waals surface area contributed by atoms with Gasteiger partial charge >= 0.3 is 0 Å². The Bertz CT molecular complexity index is 850. The van der Waals surface area contributed by atoms with Crippen LogP contribution in [0, 0.1) is 6.92 Å². The van der Waals surface area contributed by atoms with Crippen molar-refractivity contribution in [1.29, 1.82) is 0 Å².